The lowest BCUT2D eigenvalue weighted by Crippen LogP contribution is -3.04. The third kappa shape index (κ3) is 4.15. The van der Waals surface area contributed by atoms with Crippen LogP contribution in [-0.4, -0.2) is 14.1 Å². The average Bonchev–Trinajstić information content (AvgIpc) is 2.34. The molecular formula is C15H16Cl2NS+. The third-order valence-corrected chi connectivity index (χ3v) is 4.48. The fourth-order valence-electron chi connectivity index (χ4n) is 1.81. The van der Waals surface area contributed by atoms with Gasteiger partial charge in [0.1, 0.15) is 6.54 Å². The molecule has 0 saturated heterocycles. The summed E-state index contributed by atoms with van der Waals surface area (Å²) in [5.74, 6) is 0. The minimum atomic E-state index is 0.667. The Hall–Kier alpha value is -0.670. The molecule has 100 valence electrons. The molecule has 0 saturated carbocycles. The van der Waals surface area contributed by atoms with Gasteiger partial charge in [0.25, 0.3) is 0 Å². The first-order valence-electron chi connectivity index (χ1n) is 6.06. The first-order valence-corrected chi connectivity index (χ1v) is 7.63. The van der Waals surface area contributed by atoms with Crippen molar-refractivity contribution < 1.29 is 4.90 Å². The van der Waals surface area contributed by atoms with Gasteiger partial charge in [-0.15, -0.1) is 0 Å². The maximum Gasteiger partial charge on any atom is 0.103 e. The molecule has 0 radical (unpaired) electrons. The highest BCUT2D eigenvalue weighted by Gasteiger charge is 2.09. The van der Waals surface area contributed by atoms with Crippen molar-refractivity contribution in [1.29, 1.82) is 0 Å². The molecule has 4 heteroatoms. The highest BCUT2D eigenvalue weighted by molar-refractivity contribution is 7.99. The third-order valence-electron chi connectivity index (χ3n) is 2.63. The molecule has 1 nitrogen and oxygen atoms in total. The molecule has 0 aliphatic carbocycles. The van der Waals surface area contributed by atoms with E-state index in [1.54, 1.807) is 17.8 Å². The molecule has 2 aromatic carbocycles. The molecule has 0 heterocycles. The van der Waals surface area contributed by atoms with Crippen molar-refractivity contribution in [3.8, 4) is 0 Å². The van der Waals surface area contributed by atoms with E-state index in [-0.39, 0.29) is 0 Å². The van der Waals surface area contributed by atoms with E-state index >= 15 is 0 Å². The van der Waals surface area contributed by atoms with Crippen molar-refractivity contribution in [2.24, 2.45) is 0 Å². The topological polar surface area (TPSA) is 4.44 Å². The Morgan fingerprint density at radius 2 is 1.74 bits per heavy atom. The summed E-state index contributed by atoms with van der Waals surface area (Å²) in [6.45, 7) is 0.994. The number of quaternary nitrogens is 1. The normalized spacial score (nSPS) is 11.0. The number of nitrogens with one attached hydrogen (secondary N) is 1. The zero-order chi connectivity index (χ0) is 13.8. The Morgan fingerprint density at radius 1 is 1.00 bits per heavy atom. The summed E-state index contributed by atoms with van der Waals surface area (Å²) in [5, 5.41) is 1.37. The van der Waals surface area contributed by atoms with E-state index in [4.69, 9.17) is 23.2 Å². The second-order valence-electron chi connectivity index (χ2n) is 4.67. The molecular weight excluding hydrogens is 297 g/mol. The highest BCUT2D eigenvalue weighted by Crippen LogP contribution is 2.36. The van der Waals surface area contributed by atoms with Gasteiger partial charge in [0.2, 0.25) is 0 Å². The van der Waals surface area contributed by atoms with Crippen molar-refractivity contribution in [2.45, 2.75) is 16.3 Å². The number of rotatable bonds is 4. The molecule has 0 aliphatic rings. The number of hydrogen-bond acceptors (Lipinski definition) is 1. The molecule has 1 N–H and O–H groups in total. The van der Waals surface area contributed by atoms with Gasteiger partial charge in [-0.3, -0.25) is 0 Å². The highest BCUT2D eigenvalue weighted by atomic mass is 35.5. The van der Waals surface area contributed by atoms with Crippen molar-refractivity contribution in [3.63, 3.8) is 0 Å². The molecule has 0 bridgehead atoms. The summed E-state index contributed by atoms with van der Waals surface area (Å²) in [4.78, 5) is 3.68. The van der Waals surface area contributed by atoms with Gasteiger partial charge >= 0.3 is 0 Å². The fraction of sp³-hybridized carbons (Fsp3) is 0.200. The number of hydrogen-bond donors (Lipinski definition) is 1. The molecule has 0 unspecified atom stereocenters. The molecule has 0 atom stereocenters. The van der Waals surface area contributed by atoms with E-state index in [2.05, 4.69) is 38.4 Å². The second kappa shape index (κ2) is 6.67. The van der Waals surface area contributed by atoms with Crippen LogP contribution in [0.25, 0.3) is 0 Å². The summed E-state index contributed by atoms with van der Waals surface area (Å²) in [6, 6.07) is 14.1. The van der Waals surface area contributed by atoms with E-state index in [0.717, 1.165) is 11.4 Å². The van der Waals surface area contributed by atoms with E-state index < -0.39 is 0 Å². The van der Waals surface area contributed by atoms with E-state index in [1.807, 2.05) is 12.1 Å². The molecule has 19 heavy (non-hydrogen) atoms. The van der Waals surface area contributed by atoms with E-state index in [9.17, 15) is 0 Å². The fourth-order valence-corrected chi connectivity index (χ4v) is 3.28. The van der Waals surface area contributed by atoms with Crippen LogP contribution in [0.15, 0.2) is 52.3 Å². The smallest absolute Gasteiger partial charge is 0.103 e. The predicted octanol–water partition coefficient (Wildman–Crippen LogP) is 3.79. The number of benzene rings is 2. The summed E-state index contributed by atoms with van der Waals surface area (Å²) < 4.78 is 0. The molecule has 2 rings (SSSR count). The molecule has 0 fully saturated rings. The van der Waals surface area contributed by atoms with Gasteiger partial charge in [-0.1, -0.05) is 53.2 Å². The van der Waals surface area contributed by atoms with Gasteiger partial charge in [-0.2, -0.15) is 0 Å². The van der Waals surface area contributed by atoms with Gasteiger partial charge in [-0.05, 0) is 24.3 Å². The number of halogens is 2. The van der Waals surface area contributed by atoms with Gasteiger partial charge in [0, 0.05) is 20.4 Å². The van der Waals surface area contributed by atoms with Crippen LogP contribution < -0.4 is 4.90 Å². The lowest BCUT2D eigenvalue weighted by Gasteiger charge is -2.12. The van der Waals surface area contributed by atoms with Crippen LogP contribution in [0.3, 0.4) is 0 Å². The molecule has 0 spiro atoms. The lowest BCUT2D eigenvalue weighted by molar-refractivity contribution is -0.872. The Labute approximate surface area is 128 Å². The average molecular weight is 313 g/mol. The van der Waals surface area contributed by atoms with Crippen molar-refractivity contribution in [2.75, 3.05) is 14.1 Å². The molecule has 2 aromatic rings. The Kier molecular flexibility index (Phi) is 5.17. The van der Waals surface area contributed by atoms with Gasteiger partial charge in [0.15, 0.2) is 0 Å². The van der Waals surface area contributed by atoms with Crippen molar-refractivity contribution in [1.82, 2.24) is 0 Å². The SMILES string of the molecule is C[NH+](C)Cc1ccccc1Sc1ccc(Cl)cc1Cl. The van der Waals surface area contributed by atoms with Crippen LogP contribution in [0.4, 0.5) is 0 Å². The summed E-state index contributed by atoms with van der Waals surface area (Å²) in [6.07, 6.45) is 0. The minimum Gasteiger partial charge on any atom is -0.336 e. The Balaban J connectivity index is 2.27. The summed E-state index contributed by atoms with van der Waals surface area (Å²) in [7, 11) is 4.30. The van der Waals surface area contributed by atoms with Crippen LogP contribution in [0, 0.1) is 0 Å². The Bertz CT molecular complexity index is 570. The van der Waals surface area contributed by atoms with Crippen LogP contribution in [0.5, 0.6) is 0 Å². The molecule has 0 aromatic heterocycles. The summed E-state index contributed by atoms with van der Waals surface area (Å²) >= 11 is 13.8. The zero-order valence-corrected chi connectivity index (χ0v) is 13.2. The van der Waals surface area contributed by atoms with E-state index in [0.29, 0.717) is 10.0 Å². The van der Waals surface area contributed by atoms with Crippen LogP contribution in [-0.2, 0) is 6.54 Å². The maximum absolute atomic E-state index is 6.23. The van der Waals surface area contributed by atoms with Crippen LogP contribution in [0.2, 0.25) is 10.0 Å². The quantitative estimate of drug-likeness (QED) is 0.900. The van der Waals surface area contributed by atoms with Gasteiger partial charge < -0.3 is 4.90 Å². The predicted molar refractivity (Wildman–Crippen MR) is 83.5 cm³/mol. The van der Waals surface area contributed by atoms with Gasteiger partial charge in [-0.25, -0.2) is 0 Å². The monoisotopic (exact) mass is 312 g/mol. The summed E-state index contributed by atoms with van der Waals surface area (Å²) in [5.41, 5.74) is 1.33. The first-order chi connectivity index (χ1) is 9.06. The first kappa shape index (κ1) is 14.7. The Morgan fingerprint density at radius 3 is 2.42 bits per heavy atom. The standard InChI is InChI=1S/C15H15Cl2NS/c1-18(2)10-11-5-3-4-6-14(11)19-15-8-7-12(16)9-13(15)17/h3-9H,10H2,1-2H3/p+1. The largest absolute Gasteiger partial charge is 0.336 e. The second-order valence-corrected chi connectivity index (χ2v) is 6.60. The molecule has 0 aliphatic heterocycles. The zero-order valence-electron chi connectivity index (χ0n) is 10.9. The van der Waals surface area contributed by atoms with Crippen LogP contribution in [0.1, 0.15) is 5.56 Å². The van der Waals surface area contributed by atoms with Crippen molar-refractivity contribution in [3.05, 3.63) is 58.1 Å². The van der Waals surface area contributed by atoms with Crippen molar-refractivity contribution >= 4 is 35.0 Å². The maximum atomic E-state index is 6.23. The van der Waals surface area contributed by atoms with Crippen LogP contribution >= 0.6 is 35.0 Å². The lowest BCUT2D eigenvalue weighted by atomic mass is 10.2. The van der Waals surface area contributed by atoms with Gasteiger partial charge in [0.05, 0.1) is 19.1 Å². The minimum absolute atomic E-state index is 0.667. The van der Waals surface area contributed by atoms with E-state index in [1.165, 1.54) is 15.4 Å². The molecule has 0 amide bonds.